The van der Waals surface area contributed by atoms with Crippen molar-refractivity contribution >= 4 is 40.4 Å². The third-order valence-electron chi connectivity index (χ3n) is 5.63. The molecular formula is C23H29ClN2O4S. The molecule has 0 bridgehead atoms. The summed E-state index contributed by atoms with van der Waals surface area (Å²) in [7, 11) is 0. The first-order chi connectivity index (χ1) is 14.6. The number of halogens is 1. The molecule has 168 valence electrons. The Morgan fingerprint density at radius 3 is 2.87 bits per heavy atom. The lowest BCUT2D eigenvalue weighted by Gasteiger charge is -2.26. The number of benzene rings is 1. The summed E-state index contributed by atoms with van der Waals surface area (Å²) in [5.74, 6) is 0.153. The topological polar surface area (TPSA) is 71.9 Å². The fourth-order valence-electron chi connectivity index (χ4n) is 4.03. The molecule has 0 saturated carbocycles. The summed E-state index contributed by atoms with van der Waals surface area (Å²) in [5, 5.41) is 10.1. The summed E-state index contributed by atoms with van der Waals surface area (Å²) in [6, 6.07) is 6.10. The van der Waals surface area contributed by atoms with Crippen LogP contribution in [0.2, 0.25) is 0 Å². The number of hydrogen-bond acceptors (Lipinski definition) is 6. The van der Waals surface area contributed by atoms with Crippen LogP contribution in [0.3, 0.4) is 0 Å². The van der Waals surface area contributed by atoms with Crippen molar-refractivity contribution in [2.45, 2.75) is 39.0 Å². The van der Waals surface area contributed by atoms with Crippen LogP contribution in [-0.2, 0) is 22.4 Å². The van der Waals surface area contributed by atoms with Gasteiger partial charge in [0.2, 0.25) is 0 Å². The first kappa shape index (κ1) is 23.6. The van der Waals surface area contributed by atoms with Gasteiger partial charge in [0.15, 0.2) is 5.13 Å². The summed E-state index contributed by atoms with van der Waals surface area (Å²) in [6.45, 7) is 6.03. The number of thiazole rings is 1. The van der Waals surface area contributed by atoms with E-state index in [1.807, 2.05) is 12.1 Å². The number of nitrogens with zero attached hydrogens (tertiary/aromatic N) is 2. The van der Waals surface area contributed by atoms with Crippen molar-refractivity contribution in [3.63, 3.8) is 0 Å². The van der Waals surface area contributed by atoms with E-state index in [2.05, 4.69) is 24.0 Å². The Morgan fingerprint density at radius 2 is 2.10 bits per heavy atom. The van der Waals surface area contributed by atoms with Crippen molar-refractivity contribution in [3.8, 4) is 5.75 Å². The molecule has 1 aromatic heterocycles. The zero-order chi connectivity index (χ0) is 20.9. The molecule has 4 rings (SSSR count). The third kappa shape index (κ3) is 5.79. The normalized spacial score (nSPS) is 15.6. The lowest BCUT2D eigenvalue weighted by atomic mass is 9.88. The average Bonchev–Trinajstić information content (AvgIpc) is 3.13. The van der Waals surface area contributed by atoms with Crippen molar-refractivity contribution in [1.29, 1.82) is 0 Å². The predicted molar refractivity (Wildman–Crippen MR) is 126 cm³/mol. The van der Waals surface area contributed by atoms with Gasteiger partial charge in [-0.15, -0.1) is 23.7 Å². The van der Waals surface area contributed by atoms with Crippen LogP contribution in [-0.4, -0.2) is 49.0 Å². The van der Waals surface area contributed by atoms with Crippen LogP contribution >= 0.6 is 23.7 Å². The Bertz CT molecular complexity index is 938. The van der Waals surface area contributed by atoms with Gasteiger partial charge < -0.3 is 19.5 Å². The van der Waals surface area contributed by atoms with Crippen molar-refractivity contribution in [2.24, 2.45) is 0 Å². The minimum absolute atomic E-state index is 0. The molecule has 2 aliphatic rings. The largest absolute Gasteiger partial charge is 0.493 e. The fraction of sp³-hybridized carbons (Fsp3) is 0.478. The van der Waals surface area contributed by atoms with Gasteiger partial charge in [0.25, 0.3) is 0 Å². The highest BCUT2D eigenvalue weighted by Gasteiger charge is 2.19. The average molecular weight is 465 g/mol. The molecule has 0 unspecified atom stereocenters. The van der Waals surface area contributed by atoms with Gasteiger partial charge in [-0.3, -0.25) is 4.79 Å². The van der Waals surface area contributed by atoms with E-state index in [0.29, 0.717) is 13.0 Å². The Hall–Kier alpha value is -2.09. The molecule has 1 N–H and O–H groups in total. The standard InChI is InChI=1S/C23H28N2O4S.ClH/c1-16-20(24-23(30-16)25-11-14-28-15-12-25)10-13-29-21-7-3-5-18-17(8-9-22(26)27)4-2-6-19(18)21;/h3-5,7H,2,6,8-15H2,1H3,(H,26,27);1H. The summed E-state index contributed by atoms with van der Waals surface area (Å²) in [6.07, 6.45) is 5.52. The van der Waals surface area contributed by atoms with E-state index >= 15 is 0 Å². The van der Waals surface area contributed by atoms with Crippen LogP contribution in [0.4, 0.5) is 5.13 Å². The van der Waals surface area contributed by atoms with Crippen molar-refractivity contribution in [1.82, 2.24) is 4.98 Å². The minimum Gasteiger partial charge on any atom is -0.493 e. The lowest BCUT2D eigenvalue weighted by molar-refractivity contribution is -0.136. The van der Waals surface area contributed by atoms with Gasteiger partial charge in [0.1, 0.15) is 5.75 Å². The van der Waals surface area contributed by atoms with Gasteiger partial charge in [-0.05, 0) is 43.4 Å². The van der Waals surface area contributed by atoms with Crippen LogP contribution in [0, 0.1) is 6.92 Å². The van der Waals surface area contributed by atoms with Crippen LogP contribution in [0.25, 0.3) is 5.57 Å². The number of carbonyl (C=O) groups is 1. The van der Waals surface area contributed by atoms with Gasteiger partial charge in [-0.1, -0.05) is 18.2 Å². The number of rotatable bonds is 8. The van der Waals surface area contributed by atoms with Crippen LogP contribution in [0.5, 0.6) is 5.75 Å². The van der Waals surface area contributed by atoms with Crippen LogP contribution in [0.15, 0.2) is 24.3 Å². The zero-order valence-corrected chi connectivity index (χ0v) is 19.4. The molecular weight excluding hydrogens is 436 g/mol. The maximum Gasteiger partial charge on any atom is 0.303 e. The molecule has 2 aromatic rings. The number of morpholine rings is 1. The van der Waals surface area contributed by atoms with Crippen molar-refractivity contribution < 1.29 is 19.4 Å². The second-order valence-corrected chi connectivity index (χ2v) is 8.82. The maximum absolute atomic E-state index is 11.0. The third-order valence-corrected chi connectivity index (χ3v) is 6.71. The maximum atomic E-state index is 11.0. The number of carboxylic acid groups (broad SMARTS) is 1. The molecule has 0 atom stereocenters. The highest BCUT2D eigenvalue weighted by molar-refractivity contribution is 7.15. The molecule has 6 nitrogen and oxygen atoms in total. The molecule has 0 amide bonds. The molecule has 1 aliphatic carbocycles. The molecule has 8 heteroatoms. The predicted octanol–water partition coefficient (Wildman–Crippen LogP) is 4.53. The molecule has 0 radical (unpaired) electrons. The summed E-state index contributed by atoms with van der Waals surface area (Å²) < 4.78 is 11.6. The number of ether oxygens (including phenoxy) is 2. The SMILES string of the molecule is Cc1sc(N2CCOCC2)nc1CCOc1cccc2c1CCC=C2CCC(=O)O.Cl. The van der Waals surface area contributed by atoms with Gasteiger partial charge in [-0.25, -0.2) is 4.98 Å². The summed E-state index contributed by atoms with van der Waals surface area (Å²) in [4.78, 5) is 19.4. The van der Waals surface area contributed by atoms with E-state index in [4.69, 9.17) is 19.6 Å². The Kier molecular flexibility index (Phi) is 8.35. The van der Waals surface area contributed by atoms with Gasteiger partial charge in [0, 0.05) is 36.4 Å². The van der Waals surface area contributed by atoms with Crippen molar-refractivity contribution in [3.05, 3.63) is 46.0 Å². The second-order valence-electron chi connectivity index (χ2n) is 7.64. The Morgan fingerprint density at radius 1 is 1.29 bits per heavy atom. The van der Waals surface area contributed by atoms with Gasteiger partial charge >= 0.3 is 5.97 Å². The van der Waals surface area contributed by atoms with Gasteiger partial charge in [0.05, 0.1) is 25.5 Å². The number of aryl methyl sites for hydroxylation is 1. The summed E-state index contributed by atoms with van der Waals surface area (Å²) >= 11 is 1.75. The zero-order valence-electron chi connectivity index (χ0n) is 17.8. The van der Waals surface area contributed by atoms with E-state index in [-0.39, 0.29) is 18.8 Å². The number of anilines is 1. The van der Waals surface area contributed by atoms with E-state index in [0.717, 1.165) is 73.3 Å². The highest BCUT2D eigenvalue weighted by atomic mass is 35.5. The highest BCUT2D eigenvalue weighted by Crippen LogP contribution is 2.35. The number of allylic oxidation sites excluding steroid dienone is 2. The van der Waals surface area contributed by atoms with E-state index in [1.165, 1.54) is 10.4 Å². The smallest absolute Gasteiger partial charge is 0.303 e. The first-order valence-corrected chi connectivity index (χ1v) is 11.4. The molecule has 1 saturated heterocycles. The number of carboxylic acids is 1. The molecule has 0 spiro atoms. The molecule has 2 heterocycles. The molecule has 31 heavy (non-hydrogen) atoms. The fourth-order valence-corrected chi connectivity index (χ4v) is 5.04. The Balaban J connectivity index is 0.00000272. The number of aliphatic carboxylic acids is 1. The quantitative estimate of drug-likeness (QED) is 0.619. The van der Waals surface area contributed by atoms with Crippen LogP contribution in [0.1, 0.15) is 41.0 Å². The van der Waals surface area contributed by atoms with Gasteiger partial charge in [-0.2, -0.15) is 0 Å². The number of aromatic nitrogens is 1. The lowest BCUT2D eigenvalue weighted by Crippen LogP contribution is -2.36. The molecule has 1 aliphatic heterocycles. The molecule has 1 aromatic carbocycles. The number of fused-ring (bicyclic) bond motifs is 1. The summed E-state index contributed by atoms with van der Waals surface area (Å²) in [5.41, 5.74) is 4.56. The second kappa shape index (κ2) is 11.0. The van der Waals surface area contributed by atoms with Crippen LogP contribution < -0.4 is 9.64 Å². The van der Waals surface area contributed by atoms with E-state index < -0.39 is 5.97 Å². The first-order valence-electron chi connectivity index (χ1n) is 10.6. The van der Waals surface area contributed by atoms with E-state index in [9.17, 15) is 4.79 Å². The van der Waals surface area contributed by atoms with E-state index in [1.54, 1.807) is 11.3 Å². The monoisotopic (exact) mass is 464 g/mol. The van der Waals surface area contributed by atoms with Crippen molar-refractivity contribution in [2.75, 3.05) is 37.8 Å². The molecule has 1 fully saturated rings. The Labute approximate surface area is 193 Å². The number of hydrogen-bond donors (Lipinski definition) is 1. The minimum atomic E-state index is -0.759.